The Morgan fingerprint density at radius 2 is 1.68 bits per heavy atom. The van der Waals surface area contributed by atoms with Crippen LogP contribution in [0, 0.1) is 11.8 Å². The minimum atomic E-state index is -1.14. The van der Waals surface area contributed by atoms with Gasteiger partial charge in [-0.15, -0.1) is 0 Å². The molecule has 0 aromatic heterocycles. The molecule has 0 fully saturated rings. The molecule has 1 unspecified atom stereocenters. The Balaban J connectivity index is 2.17. The Labute approximate surface area is 247 Å². The van der Waals surface area contributed by atoms with Crippen LogP contribution in [0.1, 0.15) is 52.5 Å². The molecule has 6 N–H and O–H groups in total. The molecule has 2 rings (SSSR count). The molecule has 12 heteroatoms. The third kappa shape index (κ3) is 11.7. The standard InChI is InChI=1S/C29H44ClN5O6/c1-17(2)24(34-29(40)35-25(18(3)4)28(39)41-5)27(38)33-22-8-6-7-15-31-23(36)14-13-21(32-26(22)37)16-19-9-11-20(30)12-10-19/h9-14,17-18,21-22,24-26,32,37H,6-8,15-16H2,1-5H3,(H,31,36)(H,33,38)(H2,34,35,40)/b14-13+/t21-,22+,24+,25+,26?/m1/s1. The van der Waals surface area contributed by atoms with Crippen molar-refractivity contribution in [2.45, 2.75) is 83.8 Å². The number of amides is 4. The number of esters is 1. The van der Waals surface area contributed by atoms with E-state index in [9.17, 15) is 24.3 Å². The molecule has 1 aliphatic rings. The number of carbonyl (C=O) groups is 4. The van der Waals surface area contributed by atoms with Crippen LogP contribution in [0.5, 0.6) is 0 Å². The quantitative estimate of drug-likeness (QED) is 0.239. The maximum Gasteiger partial charge on any atom is 0.328 e. The molecule has 1 heterocycles. The van der Waals surface area contributed by atoms with Crippen molar-refractivity contribution < 1.29 is 29.0 Å². The molecule has 4 amide bonds. The molecule has 0 aliphatic carbocycles. The highest BCUT2D eigenvalue weighted by molar-refractivity contribution is 6.30. The SMILES string of the molecule is COC(=O)[C@@H](NC(=O)N[C@H](C(=O)N[C@H]1CCCCNC(=O)/C=C/[C@H](Cc2ccc(Cl)cc2)NC1O)C(C)C)C(C)C. The van der Waals surface area contributed by atoms with Gasteiger partial charge >= 0.3 is 12.0 Å². The predicted molar refractivity (Wildman–Crippen MR) is 157 cm³/mol. The van der Waals surface area contributed by atoms with Crippen LogP contribution < -0.4 is 26.6 Å². The molecule has 1 aromatic rings. The normalized spacial score (nSPS) is 22.4. The second-order valence-corrected chi connectivity index (χ2v) is 11.3. The average molecular weight is 594 g/mol. The van der Waals surface area contributed by atoms with Gasteiger partial charge in [-0.1, -0.05) is 57.5 Å². The van der Waals surface area contributed by atoms with Crippen molar-refractivity contribution >= 4 is 35.4 Å². The van der Waals surface area contributed by atoms with Crippen LogP contribution in [-0.2, 0) is 25.5 Å². The van der Waals surface area contributed by atoms with Crippen molar-refractivity contribution in [2.75, 3.05) is 13.7 Å². The van der Waals surface area contributed by atoms with Gasteiger partial charge in [0.2, 0.25) is 11.8 Å². The monoisotopic (exact) mass is 593 g/mol. The fourth-order valence-corrected chi connectivity index (χ4v) is 4.55. The number of ether oxygens (including phenoxy) is 1. The van der Waals surface area contributed by atoms with Gasteiger partial charge in [0.25, 0.3) is 0 Å². The summed E-state index contributed by atoms with van der Waals surface area (Å²) in [5.41, 5.74) is 0.943. The van der Waals surface area contributed by atoms with Crippen LogP contribution in [0.25, 0.3) is 0 Å². The first-order valence-corrected chi connectivity index (χ1v) is 14.4. The second-order valence-electron chi connectivity index (χ2n) is 10.9. The highest BCUT2D eigenvalue weighted by Gasteiger charge is 2.31. The molecule has 5 atom stereocenters. The number of urea groups is 1. The van der Waals surface area contributed by atoms with Crippen molar-refractivity contribution in [1.82, 2.24) is 26.6 Å². The zero-order valence-electron chi connectivity index (χ0n) is 24.4. The molecular weight excluding hydrogens is 550 g/mol. The van der Waals surface area contributed by atoms with Crippen LogP contribution in [0.2, 0.25) is 5.02 Å². The van der Waals surface area contributed by atoms with E-state index in [1.54, 1.807) is 45.9 Å². The smallest absolute Gasteiger partial charge is 0.328 e. The molecule has 0 spiro atoms. The van der Waals surface area contributed by atoms with Gasteiger partial charge in [0.1, 0.15) is 18.3 Å². The number of methoxy groups -OCH3 is 1. The van der Waals surface area contributed by atoms with E-state index in [1.165, 1.54) is 13.2 Å². The molecule has 0 saturated heterocycles. The number of halogens is 1. The van der Waals surface area contributed by atoms with E-state index in [1.807, 2.05) is 12.1 Å². The summed E-state index contributed by atoms with van der Waals surface area (Å²) < 4.78 is 4.77. The predicted octanol–water partition coefficient (Wildman–Crippen LogP) is 2.02. The number of hydrogen-bond acceptors (Lipinski definition) is 7. The summed E-state index contributed by atoms with van der Waals surface area (Å²) in [6.07, 6.45) is 4.16. The van der Waals surface area contributed by atoms with E-state index in [2.05, 4.69) is 26.6 Å². The van der Waals surface area contributed by atoms with Crippen LogP contribution in [0.4, 0.5) is 4.79 Å². The fraction of sp³-hybridized carbons (Fsp3) is 0.586. The van der Waals surface area contributed by atoms with Crippen LogP contribution in [0.3, 0.4) is 0 Å². The molecule has 0 radical (unpaired) electrons. The van der Waals surface area contributed by atoms with Crippen LogP contribution >= 0.6 is 11.6 Å². The summed E-state index contributed by atoms with van der Waals surface area (Å²) in [5, 5.41) is 25.9. The second kappa shape index (κ2) is 17.0. The fourth-order valence-electron chi connectivity index (χ4n) is 4.42. The number of aliphatic hydroxyl groups is 1. The van der Waals surface area contributed by atoms with Crippen molar-refractivity contribution in [3.05, 3.63) is 47.0 Å². The molecule has 0 bridgehead atoms. The van der Waals surface area contributed by atoms with E-state index >= 15 is 0 Å². The highest BCUT2D eigenvalue weighted by Crippen LogP contribution is 2.14. The number of aliphatic hydroxyl groups excluding tert-OH is 1. The van der Waals surface area contributed by atoms with Gasteiger partial charge in [-0.3, -0.25) is 14.9 Å². The number of nitrogens with one attached hydrogen (secondary N) is 5. The largest absolute Gasteiger partial charge is 0.467 e. The van der Waals surface area contributed by atoms with E-state index < -0.39 is 48.3 Å². The first kappa shape index (κ1) is 34.1. The Hall–Kier alpha value is -3.15. The van der Waals surface area contributed by atoms with E-state index in [0.29, 0.717) is 37.3 Å². The van der Waals surface area contributed by atoms with Crippen LogP contribution in [0.15, 0.2) is 36.4 Å². The van der Waals surface area contributed by atoms with Crippen molar-refractivity contribution in [3.8, 4) is 0 Å². The summed E-state index contributed by atoms with van der Waals surface area (Å²) in [6, 6.07) is 3.69. The number of hydrogen-bond donors (Lipinski definition) is 6. The molecule has 228 valence electrons. The zero-order valence-corrected chi connectivity index (χ0v) is 25.2. The summed E-state index contributed by atoms with van der Waals surface area (Å²) in [7, 11) is 1.24. The van der Waals surface area contributed by atoms with Gasteiger partial charge in [-0.05, 0) is 55.2 Å². The van der Waals surface area contributed by atoms with Gasteiger partial charge < -0.3 is 31.1 Å². The summed E-state index contributed by atoms with van der Waals surface area (Å²) in [6.45, 7) is 7.58. The molecule has 41 heavy (non-hydrogen) atoms. The number of rotatable bonds is 9. The van der Waals surface area contributed by atoms with Gasteiger partial charge in [0.15, 0.2) is 0 Å². The lowest BCUT2D eigenvalue weighted by molar-refractivity contribution is -0.144. The summed E-state index contributed by atoms with van der Waals surface area (Å²) >= 11 is 6.01. The molecule has 1 aromatic carbocycles. The summed E-state index contributed by atoms with van der Waals surface area (Å²) in [4.78, 5) is 50.4. The van der Waals surface area contributed by atoms with Crippen molar-refractivity contribution in [3.63, 3.8) is 0 Å². The molecular formula is C29H44ClN5O6. The van der Waals surface area contributed by atoms with Gasteiger partial charge in [-0.25, -0.2) is 9.59 Å². The van der Waals surface area contributed by atoms with Crippen LogP contribution in [-0.4, -0.2) is 73.0 Å². The third-order valence-corrected chi connectivity index (χ3v) is 7.08. The maximum atomic E-state index is 13.4. The first-order valence-electron chi connectivity index (χ1n) is 14.0. The minimum absolute atomic E-state index is 0.219. The highest BCUT2D eigenvalue weighted by atomic mass is 35.5. The number of benzene rings is 1. The third-order valence-electron chi connectivity index (χ3n) is 6.83. The van der Waals surface area contributed by atoms with E-state index in [4.69, 9.17) is 16.3 Å². The summed E-state index contributed by atoms with van der Waals surface area (Å²) in [5.74, 6) is -1.78. The maximum absolute atomic E-state index is 13.4. The van der Waals surface area contributed by atoms with E-state index in [0.717, 1.165) is 5.56 Å². The van der Waals surface area contributed by atoms with Gasteiger partial charge in [-0.2, -0.15) is 0 Å². The van der Waals surface area contributed by atoms with Crippen molar-refractivity contribution in [2.24, 2.45) is 11.8 Å². The van der Waals surface area contributed by atoms with Gasteiger partial charge in [0, 0.05) is 23.7 Å². The lowest BCUT2D eigenvalue weighted by Gasteiger charge is -2.31. The Bertz CT molecular complexity index is 1050. The number of carbonyl (C=O) groups excluding carboxylic acids is 4. The topological polar surface area (TPSA) is 158 Å². The van der Waals surface area contributed by atoms with E-state index in [-0.39, 0.29) is 17.7 Å². The lowest BCUT2D eigenvalue weighted by Crippen LogP contribution is -2.60. The molecule has 1 aliphatic heterocycles. The minimum Gasteiger partial charge on any atom is -0.467 e. The Kier molecular flexibility index (Phi) is 14.1. The Morgan fingerprint density at radius 1 is 1.05 bits per heavy atom. The van der Waals surface area contributed by atoms with Gasteiger partial charge in [0.05, 0.1) is 13.2 Å². The average Bonchev–Trinajstić information content (AvgIpc) is 2.92. The Morgan fingerprint density at radius 3 is 2.29 bits per heavy atom. The first-order chi connectivity index (χ1) is 19.4. The molecule has 11 nitrogen and oxygen atoms in total. The lowest BCUT2D eigenvalue weighted by atomic mass is 10.0. The molecule has 0 saturated carbocycles. The zero-order chi connectivity index (χ0) is 30.5. The van der Waals surface area contributed by atoms with Crippen molar-refractivity contribution in [1.29, 1.82) is 0 Å².